The average molecular weight is 242 g/mol. The van der Waals surface area contributed by atoms with E-state index < -0.39 is 0 Å². The largest absolute Gasteiger partial charge is 0.370 e. The van der Waals surface area contributed by atoms with Gasteiger partial charge in [0, 0.05) is 18.8 Å². The third-order valence-electron chi connectivity index (χ3n) is 4.16. The summed E-state index contributed by atoms with van der Waals surface area (Å²) in [6.45, 7) is 0. The van der Waals surface area contributed by atoms with E-state index in [1.54, 1.807) is 0 Å². The molecule has 1 aromatic carbocycles. The Labute approximate surface area is 110 Å². The molecule has 0 spiro atoms. The first-order chi connectivity index (χ1) is 8.83. The number of nitriles is 1. The standard InChI is InChI=1S/C16H22N2/c1-18(15-10-6-3-7-11-15)16(12-13-17)14-8-4-2-5-9-14/h3,6-7,10-11,14,16H,2,4-5,8-9,12H2,1H3. The molecule has 18 heavy (non-hydrogen) atoms. The quantitative estimate of drug-likeness (QED) is 0.798. The van der Waals surface area contributed by atoms with Gasteiger partial charge in [0.05, 0.1) is 12.5 Å². The van der Waals surface area contributed by atoms with Gasteiger partial charge in [0.25, 0.3) is 0 Å². The smallest absolute Gasteiger partial charge is 0.0643 e. The lowest BCUT2D eigenvalue weighted by Gasteiger charge is -2.36. The molecule has 1 saturated carbocycles. The molecule has 0 aliphatic heterocycles. The zero-order chi connectivity index (χ0) is 12.8. The van der Waals surface area contributed by atoms with Crippen molar-refractivity contribution in [2.75, 3.05) is 11.9 Å². The van der Waals surface area contributed by atoms with Crippen molar-refractivity contribution in [3.8, 4) is 6.07 Å². The van der Waals surface area contributed by atoms with Crippen LogP contribution in [0.25, 0.3) is 0 Å². The highest BCUT2D eigenvalue weighted by atomic mass is 15.1. The maximum absolute atomic E-state index is 9.09. The fourth-order valence-corrected chi connectivity index (χ4v) is 3.09. The average Bonchev–Trinajstić information content (AvgIpc) is 2.46. The van der Waals surface area contributed by atoms with Crippen molar-refractivity contribution in [3.05, 3.63) is 30.3 Å². The summed E-state index contributed by atoms with van der Waals surface area (Å²) in [5.41, 5.74) is 1.23. The normalized spacial score (nSPS) is 18.0. The van der Waals surface area contributed by atoms with Crippen LogP contribution >= 0.6 is 0 Å². The molecule has 1 aliphatic carbocycles. The van der Waals surface area contributed by atoms with E-state index in [9.17, 15) is 0 Å². The second-order valence-electron chi connectivity index (χ2n) is 5.27. The minimum Gasteiger partial charge on any atom is -0.370 e. The first-order valence-corrected chi connectivity index (χ1v) is 6.97. The van der Waals surface area contributed by atoms with Crippen LogP contribution in [0.15, 0.2) is 30.3 Å². The molecular formula is C16H22N2. The SMILES string of the molecule is CN(c1ccccc1)C(CC#N)C1CCCCC1. The van der Waals surface area contributed by atoms with Crippen LogP contribution in [0.3, 0.4) is 0 Å². The summed E-state index contributed by atoms with van der Waals surface area (Å²) in [4.78, 5) is 2.30. The molecule has 0 saturated heterocycles. The molecule has 0 bridgehead atoms. The van der Waals surface area contributed by atoms with E-state index >= 15 is 0 Å². The molecule has 1 fully saturated rings. The molecule has 1 atom stereocenters. The lowest BCUT2D eigenvalue weighted by Crippen LogP contribution is -2.38. The third-order valence-corrected chi connectivity index (χ3v) is 4.16. The minimum absolute atomic E-state index is 0.373. The highest BCUT2D eigenvalue weighted by Crippen LogP contribution is 2.31. The van der Waals surface area contributed by atoms with Crippen LogP contribution in [-0.2, 0) is 0 Å². The van der Waals surface area contributed by atoms with E-state index in [-0.39, 0.29) is 0 Å². The number of benzene rings is 1. The lowest BCUT2D eigenvalue weighted by molar-refractivity contribution is 0.300. The number of hydrogen-bond acceptors (Lipinski definition) is 2. The van der Waals surface area contributed by atoms with Crippen molar-refractivity contribution in [2.24, 2.45) is 5.92 Å². The van der Waals surface area contributed by atoms with Crippen molar-refractivity contribution in [2.45, 2.75) is 44.6 Å². The highest BCUT2D eigenvalue weighted by Gasteiger charge is 2.26. The summed E-state index contributed by atoms with van der Waals surface area (Å²) in [6, 6.07) is 13.2. The van der Waals surface area contributed by atoms with Crippen molar-refractivity contribution < 1.29 is 0 Å². The first-order valence-electron chi connectivity index (χ1n) is 6.97. The summed E-state index contributed by atoms with van der Waals surface area (Å²) < 4.78 is 0. The fraction of sp³-hybridized carbons (Fsp3) is 0.562. The second-order valence-corrected chi connectivity index (χ2v) is 5.27. The summed E-state index contributed by atoms with van der Waals surface area (Å²) in [5.74, 6) is 0.684. The Hall–Kier alpha value is -1.49. The van der Waals surface area contributed by atoms with Gasteiger partial charge in [-0.25, -0.2) is 0 Å². The predicted octanol–water partition coefficient (Wildman–Crippen LogP) is 3.99. The van der Waals surface area contributed by atoms with Crippen LogP contribution < -0.4 is 4.90 Å². The van der Waals surface area contributed by atoms with Crippen LogP contribution in [0.1, 0.15) is 38.5 Å². The van der Waals surface area contributed by atoms with Gasteiger partial charge >= 0.3 is 0 Å². The van der Waals surface area contributed by atoms with E-state index in [4.69, 9.17) is 5.26 Å². The molecule has 0 aromatic heterocycles. The van der Waals surface area contributed by atoms with E-state index in [1.165, 1.54) is 37.8 Å². The monoisotopic (exact) mass is 242 g/mol. The molecule has 1 unspecified atom stereocenters. The highest BCUT2D eigenvalue weighted by molar-refractivity contribution is 5.46. The van der Waals surface area contributed by atoms with E-state index in [0.29, 0.717) is 18.4 Å². The van der Waals surface area contributed by atoms with Crippen LogP contribution in [0.5, 0.6) is 0 Å². The molecule has 1 aliphatic rings. The fourth-order valence-electron chi connectivity index (χ4n) is 3.09. The molecule has 2 nitrogen and oxygen atoms in total. The second kappa shape index (κ2) is 6.44. The molecular weight excluding hydrogens is 220 g/mol. The Kier molecular flexibility index (Phi) is 4.64. The van der Waals surface area contributed by atoms with Gasteiger partial charge in [-0.15, -0.1) is 0 Å². The van der Waals surface area contributed by atoms with Gasteiger partial charge in [0.1, 0.15) is 0 Å². The van der Waals surface area contributed by atoms with Crippen LogP contribution in [-0.4, -0.2) is 13.1 Å². The Bertz CT molecular complexity index is 387. The van der Waals surface area contributed by atoms with Gasteiger partial charge in [-0.2, -0.15) is 5.26 Å². The van der Waals surface area contributed by atoms with Crippen molar-refractivity contribution >= 4 is 5.69 Å². The Morgan fingerprint density at radius 1 is 1.22 bits per heavy atom. The summed E-state index contributed by atoms with van der Waals surface area (Å²) >= 11 is 0. The van der Waals surface area contributed by atoms with Crippen molar-refractivity contribution in [1.82, 2.24) is 0 Å². The molecule has 0 radical (unpaired) electrons. The van der Waals surface area contributed by atoms with E-state index in [1.807, 2.05) is 6.07 Å². The van der Waals surface area contributed by atoms with Gasteiger partial charge in [-0.1, -0.05) is 37.5 Å². The number of nitrogens with zero attached hydrogens (tertiary/aromatic N) is 2. The number of para-hydroxylation sites is 1. The molecule has 96 valence electrons. The topological polar surface area (TPSA) is 27.0 Å². The van der Waals surface area contributed by atoms with E-state index in [0.717, 1.165) is 0 Å². The molecule has 0 N–H and O–H groups in total. The summed E-state index contributed by atoms with van der Waals surface area (Å²) in [6.07, 6.45) is 7.22. The Morgan fingerprint density at radius 2 is 1.89 bits per heavy atom. The van der Waals surface area contributed by atoms with Crippen molar-refractivity contribution in [3.63, 3.8) is 0 Å². The maximum atomic E-state index is 9.09. The Balaban J connectivity index is 2.11. The van der Waals surface area contributed by atoms with Gasteiger partial charge in [-0.3, -0.25) is 0 Å². The lowest BCUT2D eigenvalue weighted by atomic mass is 9.82. The molecule has 0 amide bonds. The van der Waals surface area contributed by atoms with Crippen LogP contribution in [0.4, 0.5) is 5.69 Å². The zero-order valence-electron chi connectivity index (χ0n) is 11.2. The molecule has 2 rings (SSSR count). The van der Waals surface area contributed by atoms with Crippen LogP contribution in [0.2, 0.25) is 0 Å². The summed E-state index contributed by atoms with van der Waals surface area (Å²) in [7, 11) is 2.13. The third kappa shape index (κ3) is 3.04. The molecule has 0 heterocycles. The first kappa shape index (κ1) is 13.0. The predicted molar refractivity (Wildman–Crippen MR) is 75.4 cm³/mol. The minimum atomic E-state index is 0.373. The van der Waals surface area contributed by atoms with Gasteiger partial charge in [-0.05, 0) is 30.9 Å². The number of rotatable bonds is 4. The molecule has 2 heteroatoms. The Morgan fingerprint density at radius 3 is 2.50 bits per heavy atom. The molecule has 1 aromatic rings. The van der Waals surface area contributed by atoms with Crippen molar-refractivity contribution in [1.29, 1.82) is 5.26 Å². The van der Waals surface area contributed by atoms with Gasteiger partial charge < -0.3 is 4.90 Å². The maximum Gasteiger partial charge on any atom is 0.0643 e. The van der Waals surface area contributed by atoms with E-state index in [2.05, 4.69) is 42.3 Å². The van der Waals surface area contributed by atoms with Gasteiger partial charge in [0.2, 0.25) is 0 Å². The zero-order valence-corrected chi connectivity index (χ0v) is 11.2. The van der Waals surface area contributed by atoms with Crippen LogP contribution in [0, 0.1) is 17.2 Å². The summed E-state index contributed by atoms with van der Waals surface area (Å²) in [5, 5.41) is 9.09. The van der Waals surface area contributed by atoms with Gasteiger partial charge in [0.15, 0.2) is 0 Å². The number of anilines is 1. The number of hydrogen-bond donors (Lipinski definition) is 0.